The van der Waals surface area contributed by atoms with Gasteiger partial charge in [0, 0.05) is 38.6 Å². The number of hydrogen-bond donors (Lipinski definition) is 0. The van der Waals surface area contributed by atoms with E-state index in [0.29, 0.717) is 17.6 Å². The van der Waals surface area contributed by atoms with Crippen LogP contribution in [0.3, 0.4) is 0 Å². The molecule has 0 unspecified atom stereocenters. The van der Waals surface area contributed by atoms with Crippen molar-refractivity contribution in [3.63, 3.8) is 0 Å². The van der Waals surface area contributed by atoms with Gasteiger partial charge in [-0.2, -0.15) is 0 Å². The molecule has 0 radical (unpaired) electrons. The number of aromatic nitrogens is 2. The second kappa shape index (κ2) is 7.25. The number of aryl methyl sites for hydroxylation is 1. The first-order valence-electron chi connectivity index (χ1n) is 8.97. The Morgan fingerprint density at radius 1 is 1.08 bits per heavy atom. The first kappa shape index (κ1) is 16.7. The molecule has 0 spiro atoms. The molecule has 0 bridgehead atoms. The fraction of sp³-hybridized carbons (Fsp3) is 0.350. The molecule has 6 nitrogen and oxygen atoms in total. The minimum atomic E-state index is 0.0341. The van der Waals surface area contributed by atoms with Gasteiger partial charge in [-0.25, -0.2) is 0 Å². The maximum absolute atomic E-state index is 13.1. The highest BCUT2D eigenvalue weighted by Gasteiger charge is 2.22. The highest BCUT2D eigenvalue weighted by Crippen LogP contribution is 2.18. The molecule has 3 aromatic rings. The number of amides is 1. The number of hydrogen-bond acceptors (Lipinski definition) is 5. The SMILES string of the molecule is Cc1ccc(CN2CCCN(C(=O)c3cccc4nccnc34)CC2)o1. The molecule has 134 valence electrons. The van der Waals surface area contributed by atoms with Crippen molar-refractivity contribution in [1.82, 2.24) is 19.8 Å². The molecule has 0 N–H and O–H groups in total. The maximum atomic E-state index is 13.1. The van der Waals surface area contributed by atoms with Gasteiger partial charge in [0.2, 0.25) is 0 Å². The molecule has 1 amide bonds. The van der Waals surface area contributed by atoms with Crippen LogP contribution in [0.25, 0.3) is 11.0 Å². The summed E-state index contributed by atoms with van der Waals surface area (Å²) in [6.45, 7) is 5.99. The summed E-state index contributed by atoms with van der Waals surface area (Å²) in [6, 6.07) is 9.61. The first-order chi connectivity index (χ1) is 12.7. The lowest BCUT2D eigenvalue weighted by atomic mass is 10.1. The Hall–Kier alpha value is -2.73. The topological polar surface area (TPSA) is 62.5 Å². The molecule has 1 aliphatic heterocycles. The van der Waals surface area contributed by atoms with E-state index >= 15 is 0 Å². The van der Waals surface area contributed by atoms with Crippen molar-refractivity contribution in [3.8, 4) is 0 Å². The molecular weight excluding hydrogens is 328 g/mol. The molecule has 1 aliphatic rings. The number of rotatable bonds is 3. The summed E-state index contributed by atoms with van der Waals surface area (Å²) < 4.78 is 5.68. The average molecular weight is 350 g/mol. The lowest BCUT2D eigenvalue weighted by Crippen LogP contribution is -2.35. The lowest BCUT2D eigenvalue weighted by Gasteiger charge is -2.22. The van der Waals surface area contributed by atoms with Crippen LogP contribution in [0.4, 0.5) is 0 Å². The quantitative estimate of drug-likeness (QED) is 0.727. The third kappa shape index (κ3) is 3.46. The van der Waals surface area contributed by atoms with E-state index in [0.717, 1.165) is 49.6 Å². The predicted octanol–water partition coefficient (Wildman–Crippen LogP) is 2.88. The minimum absolute atomic E-state index is 0.0341. The minimum Gasteiger partial charge on any atom is -0.465 e. The van der Waals surface area contributed by atoms with Crippen molar-refractivity contribution < 1.29 is 9.21 Å². The molecule has 6 heteroatoms. The van der Waals surface area contributed by atoms with Crippen LogP contribution in [0, 0.1) is 6.92 Å². The number of benzene rings is 1. The summed E-state index contributed by atoms with van der Waals surface area (Å²) in [4.78, 5) is 26.0. The Kier molecular flexibility index (Phi) is 4.67. The number of furan rings is 1. The van der Waals surface area contributed by atoms with Gasteiger partial charge >= 0.3 is 0 Å². The van der Waals surface area contributed by atoms with Crippen LogP contribution < -0.4 is 0 Å². The van der Waals surface area contributed by atoms with Crippen molar-refractivity contribution in [1.29, 1.82) is 0 Å². The molecule has 1 saturated heterocycles. The second-order valence-corrected chi connectivity index (χ2v) is 6.66. The van der Waals surface area contributed by atoms with Gasteiger partial charge in [0.05, 0.1) is 17.6 Å². The Labute approximate surface area is 152 Å². The Balaban J connectivity index is 1.47. The molecule has 0 saturated carbocycles. The average Bonchev–Trinajstić information content (AvgIpc) is 2.93. The Morgan fingerprint density at radius 3 is 2.81 bits per heavy atom. The van der Waals surface area contributed by atoms with Crippen LogP contribution in [0.2, 0.25) is 0 Å². The standard InChI is InChI=1S/C20H22N4O2/c1-15-6-7-16(26-15)14-23-10-3-11-24(13-12-23)20(25)17-4-2-5-18-19(17)22-9-8-21-18/h2,4-9H,3,10-14H2,1H3. The summed E-state index contributed by atoms with van der Waals surface area (Å²) >= 11 is 0. The zero-order valence-electron chi connectivity index (χ0n) is 14.9. The normalized spacial score (nSPS) is 16.0. The predicted molar refractivity (Wildman–Crippen MR) is 98.8 cm³/mol. The summed E-state index contributed by atoms with van der Waals surface area (Å²) in [5, 5.41) is 0. The van der Waals surface area contributed by atoms with E-state index in [2.05, 4.69) is 14.9 Å². The van der Waals surface area contributed by atoms with Gasteiger partial charge in [-0.1, -0.05) is 6.07 Å². The van der Waals surface area contributed by atoms with Crippen molar-refractivity contribution in [3.05, 3.63) is 59.8 Å². The largest absolute Gasteiger partial charge is 0.465 e. The molecule has 26 heavy (non-hydrogen) atoms. The molecule has 0 atom stereocenters. The number of carbonyl (C=O) groups excluding carboxylic acids is 1. The smallest absolute Gasteiger partial charge is 0.256 e. The van der Waals surface area contributed by atoms with Crippen LogP contribution in [0.1, 0.15) is 28.3 Å². The van der Waals surface area contributed by atoms with Gasteiger partial charge in [0.15, 0.2) is 0 Å². The van der Waals surface area contributed by atoms with Crippen molar-refractivity contribution >= 4 is 16.9 Å². The first-order valence-corrected chi connectivity index (χ1v) is 8.97. The van der Waals surface area contributed by atoms with E-state index in [1.165, 1.54) is 0 Å². The van der Waals surface area contributed by atoms with E-state index in [1.54, 1.807) is 12.4 Å². The van der Waals surface area contributed by atoms with E-state index in [-0.39, 0.29) is 5.91 Å². The monoisotopic (exact) mass is 350 g/mol. The lowest BCUT2D eigenvalue weighted by molar-refractivity contribution is 0.0762. The second-order valence-electron chi connectivity index (χ2n) is 6.66. The summed E-state index contributed by atoms with van der Waals surface area (Å²) in [5.74, 6) is 1.95. The van der Waals surface area contributed by atoms with Gasteiger partial charge < -0.3 is 9.32 Å². The van der Waals surface area contributed by atoms with E-state index in [1.807, 2.05) is 42.2 Å². The van der Waals surface area contributed by atoms with Crippen molar-refractivity contribution in [2.45, 2.75) is 19.9 Å². The Bertz CT molecular complexity index is 916. The number of fused-ring (bicyclic) bond motifs is 1. The van der Waals surface area contributed by atoms with Crippen LogP contribution in [0.15, 0.2) is 47.1 Å². The molecule has 4 rings (SSSR count). The zero-order valence-corrected chi connectivity index (χ0v) is 14.9. The van der Waals surface area contributed by atoms with E-state index in [9.17, 15) is 4.79 Å². The third-order valence-corrected chi connectivity index (χ3v) is 4.78. The summed E-state index contributed by atoms with van der Waals surface area (Å²) in [6.07, 6.45) is 4.23. The van der Waals surface area contributed by atoms with Crippen LogP contribution >= 0.6 is 0 Å². The van der Waals surface area contributed by atoms with E-state index in [4.69, 9.17) is 4.42 Å². The molecule has 1 aromatic carbocycles. The zero-order chi connectivity index (χ0) is 17.9. The molecule has 1 fully saturated rings. The summed E-state index contributed by atoms with van der Waals surface area (Å²) in [7, 11) is 0. The van der Waals surface area contributed by atoms with Gasteiger partial charge in [-0.15, -0.1) is 0 Å². The number of para-hydroxylation sites is 1. The highest BCUT2D eigenvalue weighted by molar-refractivity contribution is 6.04. The van der Waals surface area contributed by atoms with Gasteiger partial charge in [0.25, 0.3) is 5.91 Å². The molecular formula is C20H22N4O2. The maximum Gasteiger partial charge on any atom is 0.256 e. The number of carbonyl (C=O) groups is 1. The highest BCUT2D eigenvalue weighted by atomic mass is 16.3. The fourth-order valence-corrected chi connectivity index (χ4v) is 3.46. The van der Waals surface area contributed by atoms with Crippen molar-refractivity contribution in [2.24, 2.45) is 0 Å². The van der Waals surface area contributed by atoms with Gasteiger partial charge in [-0.3, -0.25) is 19.7 Å². The van der Waals surface area contributed by atoms with Crippen molar-refractivity contribution in [2.75, 3.05) is 26.2 Å². The third-order valence-electron chi connectivity index (χ3n) is 4.78. The molecule has 0 aliphatic carbocycles. The van der Waals surface area contributed by atoms with Crippen LogP contribution in [-0.2, 0) is 6.54 Å². The van der Waals surface area contributed by atoms with Crippen LogP contribution in [-0.4, -0.2) is 51.9 Å². The molecule has 2 aromatic heterocycles. The Morgan fingerprint density at radius 2 is 1.96 bits per heavy atom. The van der Waals surface area contributed by atoms with E-state index < -0.39 is 0 Å². The van der Waals surface area contributed by atoms with Gasteiger partial charge in [-0.05, 0) is 37.6 Å². The summed E-state index contributed by atoms with van der Waals surface area (Å²) in [5.41, 5.74) is 2.06. The molecule has 3 heterocycles. The fourth-order valence-electron chi connectivity index (χ4n) is 3.46. The van der Waals surface area contributed by atoms with Crippen LogP contribution in [0.5, 0.6) is 0 Å². The number of nitrogens with zero attached hydrogens (tertiary/aromatic N) is 4. The van der Waals surface area contributed by atoms with Gasteiger partial charge in [0.1, 0.15) is 17.0 Å².